The van der Waals surface area contributed by atoms with Crippen LogP contribution in [0.4, 0.5) is 5.69 Å². The zero-order chi connectivity index (χ0) is 26.4. The van der Waals surface area contributed by atoms with Crippen LogP contribution in [0, 0.1) is 17.8 Å². The number of halogens is 1. The molecular formula is C27H33ClN2O6S. The van der Waals surface area contributed by atoms with Crippen molar-refractivity contribution in [2.24, 2.45) is 17.8 Å². The number of sulfonamides is 1. The topological polar surface area (TPSA) is 94.2 Å². The Hall–Kier alpha value is -2.65. The average Bonchev–Trinajstić information content (AvgIpc) is 2.85. The lowest BCUT2D eigenvalue weighted by Crippen LogP contribution is -2.61. The predicted molar refractivity (Wildman–Crippen MR) is 141 cm³/mol. The Morgan fingerprint density at radius 1 is 0.919 bits per heavy atom. The van der Waals surface area contributed by atoms with Gasteiger partial charge in [-0.2, -0.15) is 0 Å². The smallest absolute Gasteiger partial charge is 0.265 e. The molecule has 0 atom stereocenters. The van der Waals surface area contributed by atoms with Crippen LogP contribution in [-0.2, 0) is 14.8 Å². The molecule has 0 heterocycles. The number of hydrogen-bond donors (Lipinski definition) is 1. The number of hydrogen-bond acceptors (Lipinski definition) is 6. The Kier molecular flexibility index (Phi) is 6.96. The van der Waals surface area contributed by atoms with Gasteiger partial charge in [-0.15, -0.1) is 0 Å². The highest BCUT2D eigenvalue weighted by atomic mass is 35.5. The van der Waals surface area contributed by atoms with Crippen LogP contribution in [0.1, 0.15) is 38.5 Å². The average molecular weight is 549 g/mol. The van der Waals surface area contributed by atoms with E-state index in [9.17, 15) is 13.2 Å². The Morgan fingerprint density at radius 2 is 1.49 bits per heavy atom. The maximum absolute atomic E-state index is 14.0. The van der Waals surface area contributed by atoms with Crippen molar-refractivity contribution in [2.75, 3.05) is 32.2 Å². The summed E-state index contributed by atoms with van der Waals surface area (Å²) in [5.74, 6) is 2.54. The van der Waals surface area contributed by atoms with Gasteiger partial charge in [0, 0.05) is 16.6 Å². The molecule has 200 valence electrons. The molecule has 2 aromatic rings. The van der Waals surface area contributed by atoms with Gasteiger partial charge >= 0.3 is 0 Å². The summed E-state index contributed by atoms with van der Waals surface area (Å²) >= 11 is 6.27. The van der Waals surface area contributed by atoms with Gasteiger partial charge in [-0.25, -0.2) is 8.42 Å². The van der Waals surface area contributed by atoms with E-state index < -0.39 is 16.6 Å². The molecule has 6 rings (SSSR count). The molecule has 0 radical (unpaired) electrons. The quantitative estimate of drug-likeness (QED) is 0.490. The Balaban J connectivity index is 1.50. The summed E-state index contributed by atoms with van der Waals surface area (Å²) in [7, 11) is 0.136. The fourth-order valence-electron chi connectivity index (χ4n) is 6.99. The van der Waals surface area contributed by atoms with Gasteiger partial charge < -0.3 is 19.5 Å². The van der Waals surface area contributed by atoms with Crippen LogP contribution in [0.5, 0.6) is 17.2 Å². The number of anilines is 1. The van der Waals surface area contributed by atoms with Crippen molar-refractivity contribution in [3.63, 3.8) is 0 Å². The lowest BCUT2D eigenvalue weighted by Gasteiger charge is -2.57. The lowest BCUT2D eigenvalue weighted by molar-refractivity contribution is -0.125. The third-order valence-corrected chi connectivity index (χ3v) is 10.1. The molecule has 8 nitrogen and oxygen atoms in total. The summed E-state index contributed by atoms with van der Waals surface area (Å²) < 4.78 is 45.2. The minimum atomic E-state index is -4.22. The number of carbonyl (C=O) groups excluding carboxylic acids is 1. The Morgan fingerprint density at radius 3 is 2.05 bits per heavy atom. The highest BCUT2D eigenvalue weighted by Crippen LogP contribution is 2.55. The van der Waals surface area contributed by atoms with Crippen LogP contribution in [0.15, 0.2) is 41.3 Å². The molecule has 1 N–H and O–H groups in total. The molecule has 0 saturated heterocycles. The van der Waals surface area contributed by atoms with E-state index in [1.165, 1.54) is 64.9 Å². The first-order valence-electron chi connectivity index (χ1n) is 12.6. The van der Waals surface area contributed by atoms with Crippen LogP contribution >= 0.6 is 11.6 Å². The molecule has 2 aromatic carbocycles. The minimum Gasteiger partial charge on any atom is -0.495 e. The van der Waals surface area contributed by atoms with Gasteiger partial charge in [-0.1, -0.05) is 11.6 Å². The SMILES string of the molecule is COc1ccc(S(=O)(=O)N(CC(=O)NC23CC4CC(CC(C4)C2)C3)c2cc(Cl)ccc2OC)cc1OC. The van der Waals surface area contributed by atoms with Crippen molar-refractivity contribution in [1.29, 1.82) is 0 Å². The molecular weight excluding hydrogens is 516 g/mol. The summed E-state index contributed by atoms with van der Waals surface area (Å²) in [5.41, 5.74) is -0.0614. The van der Waals surface area contributed by atoms with Gasteiger partial charge in [0.1, 0.15) is 12.3 Å². The van der Waals surface area contributed by atoms with E-state index in [4.69, 9.17) is 25.8 Å². The van der Waals surface area contributed by atoms with Gasteiger partial charge in [0.25, 0.3) is 10.0 Å². The minimum absolute atomic E-state index is 0.0465. The van der Waals surface area contributed by atoms with Crippen LogP contribution in [0.2, 0.25) is 5.02 Å². The van der Waals surface area contributed by atoms with Gasteiger partial charge in [0.05, 0.1) is 31.9 Å². The number of benzene rings is 2. The highest BCUT2D eigenvalue weighted by molar-refractivity contribution is 7.92. The molecule has 0 unspecified atom stereocenters. The summed E-state index contributed by atoms with van der Waals surface area (Å²) in [6.45, 7) is -0.408. The van der Waals surface area contributed by atoms with Crippen LogP contribution in [0.3, 0.4) is 0 Å². The van der Waals surface area contributed by atoms with Gasteiger partial charge in [0.15, 0.2) is 11.5 Å². The van der Waals surface area contributed by atoms with Crippen LogP contribution < -0.4 is 23.8 Å². The summed E-state index contributed by atoms with van der Waals surface area (Å²) in [6, 6.07) is 9.03. The molecule has 1 amide bonds. The third-order valence-electron chi connectivity index (χ3n) is 8.08. The molecule has 4 fully saturated rings. The van der Waals surface area contributed by atoms with E-state index in [-0.39, 0.29) is 33.5 Å². The number of rotatable bonds is 9. The second-order valence-corrected chi connectivity index (χ2v) is 12.9. The van der Waals surface area contributed by atoms with Crippen molar-refractivity contribution in [1.82, 2.24) is 5.32 Å². The van der Waals surface area contributed by atoms with E-state index in [0.717, 1.165) is 23.6 Å². The van der Waals surface area contributed by atoms with E-state index in [2.05, 4.69) is 5.32 Å². The zero-order valence-corrected chi connectivity index (χ0v) is 22.9. The van der Waals surface area contributed by atoms with Crippen LogP contribution in [-0.4, -0.2) is 47.7 Å². The van der Waals surface area contributed by atoms with Gasteiger partial charge in [-0.3, -0.25) is 9.10 Å². The number of nitrogens with one attached hydrogen (secondary N) is 1. The summed E-state index contributed by atoms with van der Waals surface area (Å²) in [6.07, 6.45) is 6.63. The Bertz CT molecular complexity index is 1260. The van der Waals surface area contributed by atoms with E-state index in [1.54, 1.807) is 12.1 Å². The first-order valence-corrected chi connectivity index (χ1v) is 14.4. The second-order valence-electron chi connectivity index (χ2n) is 10.6. The monoisotopic (exact) mass is 548 g/mol. The molecule has 0 spiro atoms. The number of carbonyl (C=O) groups is 1. The van der Waals surface area contributed by atoms with Crippen molar-refractivity contribution >= 4 is 33.2 Å². The van der Waals surface area contributed by atoms with E-state index in [1.807, 2.05) is 0 Å². The molecule has 0 aromatic heterocycles. The molecule has 4 saturated carbocycles. The third kappa shape index (κ3) is 4.95. The maximum Gasteiger partial charge on any atom is 0.265 e. The van der Waals surface area contributed by atoms with Crippen molar-refractivity contribution in [2.45, 2.75) is 49.0 Å². The summed E-state index contributed by atoms with van der Waals surface area (Å²) in [5, 5.41) is 3.60. The molecule has 4 aliphatic rings. The summed E-state index contributed by atoms with van der Waals surface area (Å²) in [4.78, 5) is 13.5. The zero-order valence-electron chi connectivity index (χ0n) is 21.3. The standard InChI is InChI=1S/C27H33ClN2O6S/c1-34-23-6-4-20(28)11-22(23)30(37(32,33)21-5-7-24(35-2)25(12-21)36-3)16-26(31)29-27-13-17-8-18(14-27)10-19(9-17)15-27/h4-7,11-12,17-19H,8-10,13-16H2,1-3H3,(H,29,31). The van der Waals surface area contributed by atoms with Gasteiger partial charge in [0.2, 0.25) is 5.91 Å². The Labute approximate surface area is 223 Å². The molecule has 37 heavy (non-hydrogen) atoms. The van der Waals surface area contributed by atoms with Crippen molar-refractivity contribution < 1.29 is 27.4 Å². The number of nitrogens with zero attached hydrogens (tertiary/aromatic N) is 1. The number of amides is 1. The molecule has 4 aliphatic carbocycles. The molecule has 10 heteroatoms. The van der Waals surface area contributed by atoms with Gasteiger partial charge in [-0.05, 0) is 86.6 Å². The van der Waals surface area contributed by atoms with Crippen molar-refractivity contribution in [3.8, 4) is 17.2 Å². The largest absolute Gasteiger partial charge is 0.495 e. The van der Waals surface area contributed by atoms with Crippen LogP contribution in [0.25, 0.3) is 0 Å². The van der Waals surface area contributed by atoms with Crippen molar-refractivity contribution in [3.05, 3.63) is 41.4 Å². The lowest BCUT2D eigenvalue weighted by atomic mass is 9.53. The first kappa shape index (κ1) is 26.0. The first-order chi connectivity index (χ1) is 17.7. The number of methoxy groups -OCH3 is 3. The van der Waals surface area contributed by atoms with E-state index in [0.29, 0.717) is 28.5 Å². The normalized spacial score (nSPS) is 26.0. The van der Waals surface area contributed by atoms with E-state index >= 15 is 0 Å². The second kappa shape index (κ2) is 9.91. The molecule has 4 bridgehead atoms. The fourth-order valence-corrected chi connectivity index (χ4v) is 8.60. The predicted octanol–water partition coefficient (Wildman–Crippen LogP) is 4.65. The maximum atomic E-state index is 14.0. The fraction of sp³-hybridized carbons (Fsp3) is 0.519. The number of ether oxygens (including phenoxy) is 3. The highest BCUT2D eigenvalue weighted by Gasteiger charge is 2.51. The molecule has 0 aliphatic heterocycles.